The van der Waals surface area contributed by atoms with Crippen molar-refractivity contribution in [2.24, 2.45) is 5.73 Å². The molecule has 0 saturated heterocycles. The number of pyridine rings is 1. The Morgan fingerprint density at radius 2 is 2.07 bits per heavy atom. The van der Waals surface area contributed by atoms with Crippen molar-refractivity contribution in [1.29, 1.82) is 0 Å². The number of aryl methyl sites for hydroxylation is 2. The van der Waals surface area contributed by atoms with Gasteiger partial charge < -0.3 is 11.1 Å². The Labute approximate surface area is 176 Å². The third-order valence-electron chi connectivity index (χ3n) is 4.78. The van der Waals surface area contributed by atoms with Crippen molar-refractivity contribution < 1.29 is 9.59 Å². The minimum absolute atomic E-state index is 0.140. The summed E-state index contributed by atoms with van der Waals surface area (Å²) in [6, 6.07) is 3.76. The van der Waals surface area contributed by atoms with Crippen LogP contribution in [-0.2, 0) is 11.2 Å². The molecule has 0 bridgehead atoms. The minimum Gasteiger partial charge on any atom is -0.365 e. The zero-order chi connectivity index (χ0) is 21.3. The van der Waals surface area contributed by atoms with Crippen LogP contribution in [0.25, 0.3) is 16.9 Å². The Balaban J connectivity index is 1.46. The molecule has 0 unspecified atom stereocenters. The van der Waals surface area contributed by atoms with Crippen LogP contribution in [0.5, 0.6) is 0 Å². The van der Waals surface area contributed by atoms with E-state index in [1.165, 1.54) is 17.5 Å². The highest BCUT2D eigenvalue weighted by atomic mass is 32.1. The van der Waals surface area contributed by atoms with Crippen LogP contribution < -0.4 is 11.1 Å². The molecule has 4 aromatic rings. The molecular formula is C20H19N7O2S. The molecule has 3 N–H and O–H groups in total. The number of carbonyl (C=O) groups is 2. The number of nitrogens with zero attached hydrogens (tertiary/aromatic N) is 5. The molecule has 4 heterocycles. The molecule has 2 amide bonds. The zero-order valence-electron chi connectivity index (χ0n) is 16.4. The van der Waals surface area contributed by atoms with Gasteiger partial charge in [0, 0.05) is 41.1 Å². The molecule has 0 aliphatic heterocycles. The van der Waals surface area contributed by atoms with Crippen molar-refractivity contribution in [1.82, 2.24) is 24.6 Å². The number of hydrogen-bond donors (Lipinski definition) is 2. The van der Waals surface area contributed by atoms with E-state index < -0.39 is 5.91 Å². The van der Waals surface area contributed by atoms with Gasteiger partial charge in [0.1, 0.15) is 5.56 Å². The number of fused-ring (bicyclic) bond motifs is 1. The molecule has 0 atom stereocenters. The number of primary amides is 1. The van der Waals surface area contributed by atoms with Crippen LogP contribution in [-0.4, -0.2) is 36.4 Å². The summed E-state index contributed by atoms with van der Waals surface area (Å²) in [5.74, 6) is -0.711. The van der Waals surface area contributed by atoms with Crippen molar-refractivity contribution in [2.45, 2.75) is 26.7 Å². The monoisotopic (exact) mass is 421 g/mol. The number of aromatic nitrogens is 5. The summed E-state index contributed by atoms with van der Waals surface area (Å²) in [5.41, 5.74) is 10.2. The van der Waals surface area contributed by atoms with E-state index in [0.717, 1.165) is 28.2 Å². The molecule has 152 valence electrons. The van der Waals surface area contributed by atoms with Gasteiger partial charge in [-0.1, -0.05) is 0 Å². The van der Waals surface area contributed by atoms with E-state index in [1.54, 1.807) is 16.9 Å². The van der Waals surface area contributed by atoms with E-state index in [1.807, 2.05) is 31.4 Å². The first kappa shape index (κ1) is 19.6. The van der Waals surface area contributed by atoms with Gasteiger partial charge >= 0.3 is 0 Å². The van der Waals surface area contributed by atoms with E-state index in [4.69, 9.17) is 5.73 Å². The van der Waals surface area contributed by atoms with Gasteiger partial charge in [-0.25, -0.2) is 14.5 Å². The molecular weight excluding hydrogens is 402 g/mol. The summed E-state index contributed by atoms with van der Waals surface area (Å²) in [5, 5.41) is 9.47. The van der Waals surface area contributed by atoms with Gasteiger partial charge in [0.25, 0.3) is 5.91 Å². The first-order valence-electron chi connectivity index (χ1n) is 9.23. The quantitative estimate of drug-likeness (QED) is 0.492. The third kappa shape index (κ3) is 3.77. The molecule has 0 radical (unpaired) electrons. The van der Waals surface area contributed by atoms with Gasteiger partial charge in [-0.15, -0.1) is 11.3 Å². The topological polar surface area (TPSA) is 128 Å². The highest BCUT2D eigenvalue weighted by molar-refractivity contribution is 7.14. The van der Waals surface area contributed by atoms with Crippen molar-refractivity contribution in [3.05, 3.63) is 58.6 Å². The van der Waals surface area contributed by atoms with E-state index in [-0.39, 0.29) is 17.9 Å². The maximum atomic E-state index is 12.5. The first-order chi connectivity index (χ1) is 14.4. The molecule has 9 nitrogen and oxygen atoms in total. The summed E-state index contributed by atoms with van der Waals surface area (Å²) < 4.78 is 1.58. The number of carbonyl (C=O) groups excluding carboxylic acids is 2. The van der Waals surface area contributed by atoms with E-state index in [0.29, 0.717) is 17.2 Å². The smallest absolute Gasteiger partial charge is 0.254 e. The lowest BCUT2D eigenvalue weighted by atomic mass is 10.1. The Kier molecular flexibility index (Phi) is 5.23. The molecule has 0 aliphatic carbocycles. The number of nitrogens with one attached hydrogen (secondary N) is 1. The summed E-state index contributed by atoms with van der Waals surface area (Å²) in [6.45, 7) is 3.73. The third-order valence-corrected chi connectivity index (χ3v) is 5.54. The number of anilines is 1. The highest BCUT2D eigenvalue weighted by Gasteiger charge is 2.17. The zero-order valence-corrected chi connectivity index (χ0v) is 17.2. The fraction of sp³-hybridized carbons (Fsp3) is 0.200. The Hall–Kier alpha value is -3.66. The van der Waals surface area contributed by atoms with Crippen LogP contribution in [0.3, 0.4) is 0 Å². The van der Waals surface area contributed by atoms with Crippen LogP contribution in [0, 0.1) is 13.8 Å². The van der Waals surface area contributed by atoms with Gasteiger partial charge in [-0.05, 0) is 38.0 Å². The van der Waals surface area contributed by atoms with Gasteiger partial charge in [0.2, 0.25) is 5.91 Å². The number of rotatable bonds is 6. The van der Waals surface area contributed by atoms with Crippen molar-refractivity contribution >= 4 is 33.9 Å². The van der Waals surface area contributed by atoms with Crippen molar-refractivity contribution in [3.8, 4) is 11.3 Å². The molecule has 0 aromatic carbocycles. The van der Waals surface area contributed by atoms with Gasteiger partial charge in [0.15, 0.2) is 10.8 Å². The average Bonchev–Trinajstić information content (AvgIpc) is 3.35. The number of amides is 2. The summed E-state index contributed by atoms with van der Waals surface area (Å²) >= 11 is 1.37. The van der Waals surface area contributed by atoms with Crippen LogP contribution in [0.2, 0.25) is 0 Å². The van der Waals surface area contributed by atoms with Crippen molar-refractivity contribution in [2.75, 3.05) is 5.32 Å². The second-order valence-electron chi connectivity index (χ2n) is 6.75. The van der Waals surface area contributed by atoms with E-state index in [2.05, 4.69) is 25.4 Å². The molecule has 0 fully saturated rings. The molecule has 4 aromatic heterocycles. The Bertz CT molecular complexity index is 1250. The average molecular weight is 421 g/mol. The highest BCUT2D eigenvalue weighted by Crippen LogP contribution is 2.24. The second-order valence-corrected chi connectivity index (χ2v) is 7.60. The minimum atomic E-state index is -0.572. The Morgan fingerprint density at radius 1 is 1.23 bits per heavy atom. The number of thiazole rings is 1. The predicted molar refractivity (Wildman–Crippen MR) is 113 cm³/mol. The van der Waals surface area contributed by atoms with E-state index in [9.17, 15) is 9.59 Å². The summed E-state index contributed by atoms with van der Waals surface area (Å²) in [7, 11) is 0. The van der Waals surface area contributed by atoms with Crippen LogP contribution in [0.4, 0.5) is 5.13 Å². The fourth-order valence-corrected chi connectivity index (χ4v) is 3.98. The lowest BCUT2D eigenvalue weighted by Crippen LogP contribution is -2.15. The van der Waals surface area contributed by atoms with Gasteiger partial charge in [0.05, 0.1) is 11.9 Å². The second kappa shape index (κ2) is 7.99. The van der Waals surface area contributed by atoms with Crippen LogP contribution in [0.1, 0.15) is 33.7 Å². The lowest BCUT2D eigenvalue weighted by Gasteiger charge is -2.11. The maximum absolute atomic E-state index is 12.5. The van der Waals surface area contributed by atoms with Crippen LogP contribution >= 0.6 is 11.3 Å². The molecule has 4 rings (SSSR count). The maximum Gasteiger partial charge on any atom is 0.254 e. The normalized spacial score (nSPS) is 11.0. The number of hydrogen-bond acceptors (Lipinski definition) is 7. The molecule has 0 saturated carbocycles. The SMILES string of the molecule is Cc1nc2c(C(N)=O)cnn2c(C)c1CCC(=O)Nc1nc(-c2cccnc2)cs1. The summed E-state index contributed by atoms with van der Waals surface area (Å²) in [4.78, 5) is 37.0. The molecule has 10 heteroatoms. The summed E-state index contributed by atoms with van der Waals surface area (Å²) in [6.07, 6.45) is 5.59. The fourth-order valence-electron chi connectivity index (χ4n) is 3.24. The molecule has 0 spiro atoms. The standard InChI is InChI=1S/C20H19N7O2S/c1-11-14(12(2)27-19(24-11)15(9-23-27)18(21)29)5-6-17(28)26-20-25-16(10-30-20)13-4-3-7-22-8-13/h3-4,7-10H,5-6H2,1-2H3,(H2,21,29)(H,25,26,28). The van der Waals surface area contributed by atoms with Gasteiger partial charge in [-0.2, -0.15) is 5.10 Å². The first-order valence-corrected chi connectivity index (χ1v) is 10.1. The Morgan fingerprint density at radius 3 is 2.80 bits per heavy atom. The van der Waals surface area contributed by atoms with Gasteiger partial charge in [-0.3, -0.25) is 14.6 Å². The number of nitrogens with two attached hydrogens (primary N) is 1. The van der Waals surface area contributed by atoms with Crippen LogP contribution in [0.15, 0.2) is 36.1 Å². The van der Waals surface area contributed by atoms with Crippen molar-refractivity contribution in [3.63, 3.8) is 0 Å². The van der Waals surface area contributed by atoms with E-state index >= 15 is 0 Å². The molecule has 0 aliphatic rings. The largest absolute Gasteiger partial charge is 0.365 e. The lowest BCUT2D eigenvalue weighted by molar-refractivity contribution is -0.116. The molecule has 30 heavy (non-hydrogen) atoms. The predicted octanol–water partition coefficient (Wildman–Crippen LogP) is 2.53.